The second kappa shape index (κ2) is 5.05. The highest BCUT2D eigenvalue weighted by Crippen LogP contribution is 1.76. The molecule has 0 unspecified atom stereocenters. The van der Waals surface area contributed by atoms with Gasteiger partial charge in [-0.1, -0.05) is 0 Å². The summed E-state index contributed by atoms with van der Waals surface area (Å²) in [7, 11) is 0. The standard InChI is InChI=1S/C6H14N2O2/c1-3-7-6(10)8-5(2)4-9/h5,9H,3-4H2,1-2H3,(H2,7,8,10)/t5-/m0/s1. The number of carbonyl (C=O) groups excluding carboxylic acids is 1. The largest absolute Gasteiger partial charge is 0.394 e. The Hall–Kier alpha value is -0.770. The van der Waals surface area contributed by atoms with Crippen LogP contribution in [0, 0.1) is 0 Å². The lowest BCUT2D eigenvalue weighted by Crippen LogP contribution is -2.42. The lowest BCUT2D eigenvalue weighted by Gasteiger charge is -2.10. The first-order valence-electron chi connectivity index (χ1n) is 3.36. The number of hydrogen-bond acceptors (Lipinski definition) is 2. The van der Waals surface area contributed by atoms with Gasteiger partial charge in [0.25, 0.3) is 0 Å². The van der Waals surface area contributed by atoms with Crippen molar-refractivity contribution >= 4 is 6.03 Å². The van der Waals surface area contributed by atoms with Crippen LogP contribution in [-0.4, -0.2) is 30.3 Å². The van der Waals surface area contributed by atoms with Gasteiger partial charge in [0.1, 0.15) is 0 Å². The van der Waals surface area contributed by atoms with Crippen LogP contribution in [0.15, 0.2) is 0 Å². The monoisotopic (exact) mass is 146 g/mol. The van der Waals surface area contributed by atoms with Gasteiger partial charge in [0.05, 0.1) is 12.6 Å². The third-order valence-electron chi connectivity index (χ3n) is 0.989. The maximum Gasteiger partial charge on any atom is 0.315 e. The zero-order chi connectivity index (χ0) is 7.98. The molecule has 0 radical (unpaired) electrons. The normalized spacial score (nSPS) is 12.3. The average molecular weight is 146 g/mol. The minimum absolute atomic E-state index is 0.0306. The first-order chi connectivity index (χ1) is 4.70. The van der Waals surface area contributed by atoms with Crippen molar-refractivity contribution in [3.63, 3.8) is 0 Å². The zero-order valence-corrected chi connectivity index (χ0v) is 6.35. The fraction of sp³-hybridized carbons (Fsp3) is 0.833. The molecule has 4 nitrogen and oxygen atoms in total. The third kappa shape index (κ3) is 4.14. The highest BCUT2D eigenvalue weighted by Gasteiger charge is 2.02. The molecule has 10 heavy (non-hydrogen) atoms. The molecule has 0 fully saturated rings. The molecule has 0 heterocycles. The van der Waals surface area contributed by atoms with Crippen LogP contribution in [0.4, 0.5) is 4.79 Å². The minimum atomic E-state index is -0.232. The highest BCUT2D eigenvalue weighted by atomic mass is 16.3. The highest BCUT2D eigenvalue weighted by molar-refractivity contribution is 5.74. The van der Waals surface area contributed by atoms with Crippen molar-refractivity contribution < 1.29 is 9.90 Å². The van der Waals surface area contributed by atoms with Crippen LogP contribution in [0.2, 0.25) is 0 Å². The molecule has 2 amide bonds. The van der Waals surface area contributed by atoms with E-state index in [9.17, 15) is 4.79 Å². The molecule has 0 aromatic carbocycles. The number of amides is 2. The Kier molecular flexibility index (Phi) is 4.66. The summed E-state index contributed by atoms with van der Waals surface area (Å²) in [4.78, 5) is 10.7. The molecule has 0 aliphatic rings. The van der Waals surface area contributed by atoms with Crippen molar-refractivity contribution in [1.29, 1.82) is 0 Å². The summed E-state index contributed by atoms with van der Waals surface area (Å²) in [5.41, 5.74) is 0. The Morgan fingerprint density at radius 2 is 2.30 bits per heavy atom. The Bertz CT molecular complexity index is 106. The maximum atomic E-state index is 10.7. The molecule has 0 rings (SSSR count). The van der Waals surface area contributed by atoms with E-state index in [1.165, 1.54) is 0 Å². The fourth-order valence-electron chi connectivity index (χ4n) is 0.481. The predicted octanol–water partition coefficient (Wildman–Crippen LogP) is -0.314. The topological polar surface area (TPSA) is 61.4 Å². The van der Waals surface area contributed by atoms with Gasteiger partial charge >= 0.3 is 6.03 Å². The quantitative estimate of drug-likeness (QED) is 0.511. The van der Waals surface area contributed by atoms with Gasteiger partial charge in [0.2, 0.25) is 0 Å². The summed E-state index contributed by atoms with van der Waals surface area (Å²) in [6, 6.07) is -0.407. The summed E-state index contributed by atoms with van der Waals surface area (Å²) in [5, 5.41) is 13.6. The summed E-state index contributed by atoms with van der Waals surface area (Å²) < 4.78 is 0. The molecule has 0 saturated carbocycles. The Labute approximate surface area is 60.6 Å². The van der Waals surface area contributed by atoms with Crippen molar-refractivity contribution in [2.45, 2.75) is 19.9 Å². The van der Waals surface area contributed by atoms with Gasteiger partial charge < -0.3 is 15.7 Å². The van der Waals surface area contributed by atoms with Crippen molar-refractivity contribution in [2.75, 3.05) is 13.2 Å². The molecule has 0 spiro atoms. The molecular formula is C6H14N2O2. The molecule has 0 aliphatic heterocycles. The van der Waals surface area contributed by atoms with Gasteiger partial charge in [-0.2, -0.15) is 0 Å². The summed E-state index contributed by atoms with van der Waals surface area (Å²) >= 11 is 0. The smallest absolute Gasteiger partial charge is 0.315 e. The Balaban J connectivity index is 3.37. The fourth-order valence-corrected chi connectivity index (χ4v) is 0.481. The first-order valence-corrected chi connectivity index (χ1v) is 3.36. The van der Waals surface area contributed by atoms with Gasteiger partial charge in [-0.05, 0) is 13.8 Å². The maximum absolute atomic E-state index is 10.7. The molecule has 60 valence electrons. The van der Waals surface area contributed by atoms with E-state index in [0.717, 1.165) is 0 Å². The third-order valence-corrected chi connectivity index (χ3v) is 0.989. The summed E-state index contributed by atoms with van der Waals surface area (Å²) in [5.74, 6) is 0. The van der Waals surface area contributed by atoms with Crippen LogP contribution in [0.3, 0.4) is 0 Å². The summed E-state index contributed by atoms with van der Waals surface area (Å²) in [6.45, 7) is 4.14. The molecule has 4 heteroatoms. The van der Waals surface area contributed by atoms with E-state index in [1.54, 1.807) is 6.92 Å². The second-order valence-corrected chi connectivity index (χ2v) is 2.09. The van der Waals surface area contributed by atoms with Crippen LogP contribution < -0.4 is 10.6 Å². The second-order valence-electron chi connectivity index (χ2n) is 2.09. The van der Waals surface area contributed by atoms with Gasteiger partial charge in [-0.3, -0.25) is 0 Å². The van der Waals surface area contributed by atoms with Crippen molar-refractivity contribution in [3.8, 4) is 0 Å². The van der Waals surface area contributed by atoms with Crippen molar-refractivity contribution in [1.82, 2.24) is 10.6 Å². The van der Waals surface area contributed by atoms with Crippen LogP contribution in [0.25, 0.3) is 0 Å². The van der Waals surface area contributed by atoms with Gasteiger partial charge in [0.15, 0.2) is 0 Å². The van der Waals surface area contributed by atoms with Gasteiger partial charge in [-0.25, -0.2) is 4.79 Å². The van der Waals surface area contributed by atoms with Crippen LogP contribution in [0.1, 0.15) is 13.8 Å². The molecule has 1 atom stereocenters. The molecule has 0 saturated heterocycles. The van der Waals surface area contributed by atoms with Crippen LogP contribution in [0.5, 0.6) is 0 Å². The average Bonchev–Trinajstić information content (AvgIpc) is 1.88. The molecular weight excluding hydrogens is 132 g/mol. The van der Waals surface area contributed by atoms with E-state index in [4.69, 9.17) is 5.11 Å². The molecule has 0 aromatic rings. The Morgan fingerprint density at radius 1 is 1.70 bits per heavy atom. The molecule has 3 N–H and O–H groups in total. The number of urea groups is 1. The number of aliphatic hydroxyl groups excluding tert-OH is 1. The number of nitrogens with one attached hydrogen (secondary N) is 2. The molecule has 0 aromatic heterocycles. The zero-order valence-electron chi connectivity index (χ0n) is 6.35. The summed E-state index contributed by atoms with van der Waals surface area (Å²) in [6.07, 6.45) is 0. The van der Waals surface area contributed by atoms with E-state index in [0.29, 0.717) is 6.54 Å². The lowest BCUT2D eigenvalue weighted by atomic mass is 10.4. The Morgan fingerprint density at radius 3 is 2.70 bits per heavy atom. The van der Waals surface area contributed by atoms with Gasteiger partial charge in [-0.15, -0.1) is 0 Å². The number of carbonyl (C=O) groups is 1. The predicted molar refractivity (Wildman–Crippen MR) is 38.8 cm³/mol. The van der Waals surface area contributed by atoms with E-state index < -0.39 is 0 Å². The van der Waals surface area contributed by atoms with E-state index in [2.05, 4.69) is 10.6 Å². The van der Waals surface area contributed by atoms with E-state index >= 15 is 0 Å². The van der Waals surface area contributed by atoms with E-state index in [-0.39, 0.29) is 18.7 Å². The lowest BCUT2D eigenvalue weighted by molar-refractivity contribution is 0.221. The first kappa shape index (κ1) is 9.23. The van der Waals surface area contributed by atoms with Crippen LogP contribution in [-0.2, 0) is 0 Å². The molecule has 0 bridgehead atoms. The van der Waals surface area contributed by atoms with E-state index in [1.807, 2.05) is 6.92 Å². The van der Waals surface area contributed by atoms with Gasteiger partial charge in [0, 0.05) is 6.54 Å². The van der Waals surface area contributed by atoms with Crippen LogP contribution >= 0.6 is 0 Å². The van der Waals surface area contributed by atoms with Crippen molar-refractivity contribution in [3.05, 3.63) is 0 Å². The minimum Gasteiger partial charge on any atom is -0.394 e. The van der Waals surface area contributed by atoms with Crippen molar-refractivity contribution in [2.24, 2.45) is 0 Å². The number of rotatable bonds is 3. The molecule has 0 aliphatic carbocycles. The number of aliphatic hydroxyl groups is 1. The number of hydrogen-bond donors (Lipinski definition) is 3. The SMILES string of the molecule is CCNC(=O)N[C@@H](C)CO.